The zero-order valence-corrected chi connectivity index (χ0v) is 10.1. The van der Waals surface area contributed by atoms with Crippen molar-refractivity contribution in [3.63, 3.8) is 0 Å². The molecule has 0 aromatic heterocycles. The molecule has 1 aliphatic carbocycles. The summed E-state index contributed by atoms with van der Waals surface area (Å²) in [5.74, 6) is 1.00. The van der Waals surface area contributed by atoms with E-state index >= 15 is 0 Å². The van der Waals surface area contributed by atoms with E-state index in [4.69, 9.17) is 4.74 Å². The highest BCUT2D eigenvalue weighted by Crippen LogP contribution is 2.35. The van der Waals surface area contributed by atoms with Crippen LogP contribution in [0.25, 0.3) is 0 Å². The third kappa shape index (κ3) is 1.93. The Morgan fingerprint density at radius 1 is 1.42 bits per heavy atom. The highest BCUT2D eigenvalue weighted by Gasteiger charge is 2.25. The van der Waals surface area contributed by atoms with Gasteiger partial charge in [-0.05, 0) is 63.5 Å². The number of para-hydroxylation sites is 1. The van der Waals surface area contributed by atoms with Crippen LogP contribution in [0, 0.1) is 3.57 Å². The van der Waals surface area contributed by atoms with Gasteiger partial charge in [-0.25, -0.2) is 0 Å². The van der Waals surface area contributed by atoms with Gasteiger partial charge in [-0.15, -0.1) is 0 Å². The first-order valence-electron chi connectivity index (χ1n) is 3.88. The molecule has 0 spiro atoms. The van der Waals surface area contributed by atoms with Gasteiger partial charge in [0.2, 0.25) is 0 Å². The van der Waals surface area contributed by atoms with E-state index < -0.39 is 0 Å². The summed E-state index contributed by atoms with van der Waals surface area (Å²) in [6, 6.07) is 6.09. The van der Waals surface area contributed by atoms with Crippen LogP contribution in [-0.4, -0.2) is 6.10 Å². The molecule has 64 valence electrons. The van der Waals surface area contributed by atoms with Crippen molar-refractivity contribution < 1.29 is 4.74 Å². The highest BCUT2D eigenvalue weighted by molar-refractivity contribution is 14.1. The predicted molar refractivity (Wildman–Crippen MR) is 60.5 cm³/mol. The Morgan fingerprint density at radius 3 is 2.75 bits per heavy atom. The Labute approximate surface area is 93.8 Å². The minimum Gasteiger partial charge on any atom is -0.488 e. The summed E-state index contributed by atoms with van der Waals surface area (Å²) in [5.41, 5.74) is 0. The quantitative estimate of drug-likeness (QED) is 0.749. The maximum absolute atomic E-state index is 5.73. The van der Waals surface area contributed by atoms with Crippen LogP contribution in [0.5, 0.6) is 5.75 Å². The van der Waals surface area contributed by atoms with Crippen molar-refractivity contribution in [2.24, 2.45) is 0 Å². The molecule has 1 nitrogen and oxygen atoms in total. The van der Waals surface area contributed by atoms with Crippen LogP contribution in [0.3, 0.4) is 0 Å². The normalized spacial score (nSPS) is 16.2. The molecule has 1 aromatic rings. The third-order valence-corrected chi connectivity index (χ3v) is 3.20. The highest BCUT2D eigenvalue weighted by atomic mass is 127. The van der Waals surface area contributed by atoms with Gasteiger partial charge in [0, 0.05) is 0 Å². The number of ether oxygens (including phenoxy) is 1. The molecule has 0 heterocycles. The molecule has 0 saturated heterocycles. The molecule has 0 radical (unpaired) electrons. The van der Waals surface area contributed by atoms with Crippen LogP contribution >= 0.6 is 38.5 Å². The van der Waals surface area contributed by atoms with Crippen LogP contribution in [-0.2, 0) is 0 Å². The Hall–Kier alpha value is 0.230. The molecule has 1 fully saturated rings. The van der Waals surface area contributed by atoms with Gasteiger partial charge >= 0.3 is 0 Å². The van der Waals surface area contributed by atoms with Crippen molar-refractivity contribution in [1.82, 2.24) is 0 Å². The van der Waals surface area contributed by atoms with Gasteiger partial charge in [0.05, 0.1) is 14.1 Å². The second-order valence-electron chi connectivity index (χ2n) is 2.87. The molecule has 0 N–H and O–H groups in total. The largest absolute Gasteiger partial charge is 0.488 e. The third-order valence-electron chi connectivity index (χ3n) is 1.73. The van der Waals surface area contributed by atoms with Crippen LogP contribution < -0.4 is 4.74 Å². The number of benzene rings is 1. The summed E-state index contributed by atoms with van der Waals surface area (Å²) in [4.78, 5) is 0. The number of halogens is 2. The van der Waals surface area contributed by atoms with Crippen LogP contribution in [0.15, 0.2) is 22.7 Å². The first-order valence-corrected chi connectivity index (χ1v) is 5.75. The fourth-order valence-corrected chi connectivity index (χ4v) is 2.40. The molecule has 0 atom stereocenters. The van der Waals surface area contributed by atoms with E-state index in [9.17, 15) is 0 Å². The fraction of sp³-hybridized carbons (Fsp3) is 0.333. The molecule has 0 aliphatic heterocycles. The molecule has 1 saturated carbocycles. The Bertz CT molecular complexity index is 276. The smallest absolute Gasteiger partial charge is 0.147 e. The first-order chi connectivity index (χ1) is 5.77. The lowest BCUT2D eigenvalue weighted by Gasteiger charge is -2.08. The van der Waals surface area contributed by atoms with E-state index in [2.05, 4.69) is 44.6 Å². The van der Waals surface area contributed by atoms with E-state index in [-0.39, 0.29) is 0 Å². The molecule has 0 amide bonds. The topological polar surface area (TPSA) is 9.23 Å². The Balaban J connectivity index is 2.26. The molecule has 0 unspecified atom stereocenters. The predicted octanol–water partition coefficient (Wildman–Crippen LogP) is 3.59. The lowest BCUT2D eigenvalue weighted by atomic mass is 10.3. The zero-order valence-electron chi connectivity index (χ0n) is 6.39. The standard InChI is InChI=1S/C9H8BrIO/c10-7-2-1-3-8(11)9(7)12-6-4-5-6/h1-3,6H,4-5H2. The molecule has 12 heavy (non-hydrogen) atoms. The summed E-state index contributed by atoms with van der Waals surface area (Å²) < 4.78 is 7.96. The molecular weight excluding hydrogens is 331 g/mol. The molecule has 2 rings (SSSR count). The molecular formula is C9H8BrIO. The average molecular weight is 339 g/mol. The van der Waals surface area contributed by atoms with Gasteiger partial charge < -0.3 is 4.74 Å². The summed E-state index contributed by atoms with van der Waals surface area (Å²) >= 11 is 5.77. The van der Waals surface area contributed by atoms with Crippen LogP contribution in [0.1, 0.15) is 12.8 Å². The minimum absolute atomic E-state index is 0.470. The Morgan fingerprint density at radius 2 is 2.17 bits per heavy atom. The van der Waals surface area contributed by atoms with Crippen molar-refractivity contribution in [3.8, 4) is 5.75 Å². The summed E-state index contributed by atoms with van der Waals surface area (Å²) in [5, 5.41) is 0. The second-order valence-corrected chi connectivity index (χ2v) is 4.88. The lowest BCUT2D eigenvalue weighted by molar-refractivity contribution is 0.299. The maximum atomic E-state index is 5.73. The van der Waals surface area contributed by atoms with Crippen molar-refractivity contribution in [2.45, 2.75) is 18.9 Å². The number of hydrogen-bond donors (Lipinski definition) is 0. The van der Waals surface area contributed by atoms with E-state index in [0.717, 1.165) is 10.2 Å². The van der Waals surface area contributed by atoms with E-state index in [0.29, 0.717) is 6.10 Å². The molecule has 1 aromatic carbocycles. The molecule has 0 bridgehead atoms. The van der Waals surface area contributed by atoms with Gasteiger partial charge in [-0.3, -0.25) is 0 Å². The zero-order chi connectivity index (χ0) is 8.55. The summed E-state index contributed by atoms with van der Waals surface area (Å²) in [6.45, 7) is 0. The van der Waals surface area contributed by atoms with E-state index in [1.165, 1.54) is 16.4 Å². The maximum Gasteiger partial charge on any atom is 0.147 e. The van der Waals surface area contributed by atoms with E-state index in [1.807, 2.05) is 12.1 Å². The fourth-order valence-electron chi connectivity index (χ4n) is 0.948. The van der Waals surface area contributed by atoms with Gasteiger partial charge in [0.25, 0.3) is 0 Å². The van der Waals surface area contributed by atoms with Crippen molar-refractivity contribution >= 4 is 38.5 Å². The summed E-state index contributed by atoms with van der Waals surface area (Å²) in [6.07, 6.45) is 2.88. The molecule has 3 heteroatoms. The van der Waals surface area contributed by atoms with Crippen molar-refractivity contribution in [3.05, 3.63) is 26.2 Å². The minimum atomic E-state index is 0.470. The second kappa shape index (κ2) is 3.54. The summed E-state index contributed by atoms with van der Waals surface area (Å²) in [7, 11) is 0. The Kier molecular flexibility index (Phi) is 2.60. The SMILES string of the molecule is Brc1cccc(I)c1OC1CC1. The average Bonchev–Trinajstić information content (AvgIpc) is 2.80. The van der Waals surface area contributed by atoms with E-state index in [1.54, 1.807) is 0 Å². The van der Waals surface area contributed by atoms with Crippen molar-refractivity contribution in [2.75, 3.05) is 0 Å². The van der Waals surface area contributed by atoms with Crippen LogP contribution in [0.4, 0.5) is 0 Å². The van der Waals surface area contributed by atoms with Crippen molar-refractivity contribution in [1.29, 1.82) is 0 Å². The van der Waals surface area contributed by atoms with Gasteiger partial charge in [0.1, 0.15) is 5.75 Å². The number of rotatable bonds is 2. The monoisotopic (exact) mass is 338 g/mol. The van der Waals surface area contributed by atoms with Crippen LogP contribution in [0.2, 0.25) is 0 Å². The van der Waals surface area contributed by atoms with Gasteiger partial charge in [-0.2, -0.15) is 0 Å². The number of hydrogen-bond acceptors (Lipinski definition) is 1. The van der Waals surface area contributed by atoms with Gasteiger partial charge in [0.15, 0.2) is 0 Å². The lowest BCUT2D eigenvalue weighted by Crippen LogP contribution is -1.98. The molecule has 1 aliphatic rings. The first kappa shape index (κ1) is 8.81. The van der Waals surface area contributed by atoms with Gasteiger partial charge in [-0.1, -0.05) is 6.07 Å².